The zero-order valence-corrected chi connectivity index (χ0v) is 24.6. The first-order valence-corrected chi connectivity index (χ1v) is 15.2. The van der Waals surface area contributed by atoms with Crippen LogP contribution >= 0.6 is 0 Å². The van der Waals surface area contributed by atoms with Crippen molar-refractivity contribution in [1.82, 2.24) is 19.9 Å². The molecule has 0 unspecified atom stereocenters. The maximum absolute atomic E-state index is 6.03. The van der Waals surface area contributed by atoms with E-state index in [1.165, 1.54) is 0 Å². The molecule has 0 atom stereocenters. The van der Waals surface area contributed by atoms with E-state index in [2.05, 4.69) is 88.4 Å². The Kier molecular flexibility index (Phi) is 6.03. The van der Waals surface area contributed by atoms with Crippen LogP contribution in [0, 0.1) is 0 Å². The fraction of sp³-hybridized carbons (Fsp3) is 0. The van der Waals surface area contributed by atoms with E-state index in [4.69, 9.17) is 19.4 Å². The summed E-state index contributed by atoms with van der Waals surface area (Å²) in [4.78, 5) is 18.3. The van der Waals surface area contributed by atoms with Crippen LogP contribution in [0.25, 0.3) is 84.1 Å². The molecule has 216 valence electrons. The fourth-order valence-electron chi connectivity index (χ4n) is 6.00. The Morgan fingerprint density at radius 3 is 1.74 bits per heavy atom. The number of nitrogens with zero attached hydrogens (tertiary/aromatic N) is 4. The summed E-state index contributed by atoms with van der Waals surface area (Å²) in [5.41, 5.74) is 9.98. The molecule has 0 amide bonds. The van der Waals surface area contributed by atoms with Gasteiger partial charge in [0.05, 0.1) is 6.20 Å². The van der Waals surface area contributed by atoms with Crippen molar-refractivity contribution >= 4 is 27.6 Å². The van der Waals surface area contributed by atoms with Crippen LogP contribution < -0.4 is 4.40 Å². The molecule has 0 radical (unpaired) electrons. The molecule has 0 saturated carbocycles. The van der Waals surface area contributed by atoms with E-state index in [1.54, 1.807) is 0 Å². The first-order chi connectivity index (χ1) is 22.7. The van der Waals surface area contributed by atoms with Crippen molar-refractivity contribution in [3.8, 4) is 56.5 Å². The van der Waals surface area contributed by atoms with E-state index in [9.17, 15) is 0 Å². The van der Waals surface area contributed by atoms with Crippen LogP contribution in [-0.4, -0.2) is 19.9 Å². The van der Waals surface area contributed by atoms with Gasteiger partial charge in [-0.1, -0.05) is 97.1 Å². The number of imidazole rings is 1. The number of benzene rings is 5. The van der Waals surface area contributed by atoms with Gasteiger partial charge in [-0.05, 0) is 47.5 Å². The molecule has 46 heavy (non-hydrogen) atoms. The number of aromatic nitrogens is 5. The van der Waals surface area contributed by atoms with E-state index in [0.29, 0.717) is 17.5 Å². The predicted octanol–water partition coefficient (Wildman–Crippen LogP) is 9.17. The molecule has 6 nitrogen and oxygen atoms in total. The van der Waals surface area contributed by atoms with Gasteiger partial charge in [0.1, 0.15) is 17.4 Å². The van der Waals surface area contributed by atoms with Gasteiger partial charge in [-0.3, -0.25) is 0 Å². The number of hydrogen-bond donors (Lipinski definition) is 1. The lowest BCUT2D eigenvalue weighted by molar-refractivity contribution is -0.509. The molecule has 0 aliphatic rings. The van der Waals surface area contributed by atoms with Crippen LogP contribution in [0.4, 0.5) is 0 Å². The van der Waals surface area contributed by atoms with E-state index in [-0.39, 0.29) is 0 Å². The highest BCUT2D eigenvalue weighted by Gasteiger charge is 2.15. The molecule has 0 saturated heterocycles. The molecule has 6 heteroatoms. The Morgan fingerprint density at radius 2 is 1.02 bits per heavy atom. The van der Waals surface area contributed by atoms with Crippen LogP contribution in [0.5, 0.6) is 0 Å². The van der Waals surface area contributed by atoms with Crippen molar-refractivity contribution in [2.45, 2.75) is 0 Å². The molecule has 4 heterocycles. The number of para-hydroxylation sites is 1. The van der Waals surface area contributed by atoms with Gasteiger partial charge < -0.3 is 4.42 Å². The molecule has 4 aromatic heterocycles. The summed E-state index contributed by atoms with van der Waals surface area (Å²) in [5, 5.41) is 2.23. The van der Waals surface area contributed by atoms with Gasteiger partial charge in [-0.2, -0.15) is 0 Å². The molecule has 9 aromatic rings. The second kappa shape index (κ2) is 10.6. The zero-order valence-electron chi connectivity index (χ0n) is 24.6. The second-order valence-electron chi connectivity index (χ2n) is 11.3. The van der Waals surface area contributed by atoms with Gasteiger partial charge in [0.25, 0.3) is 5.65 Å². The summed E-state index contributed by atoms with van der Waals surface area (Å²) in [7, 11) is 0. The Bertz CT molecular complexity index is 2480. The van der Waals surface area contributed by atoms with Crippen molar-refractivity contribution in [3.63, 3.8) is 0 Å². The number of nitrogens with one attached hydrogen (secondary N) is 1. The SMILES string of the molecule is c1ccc(-c2nc(-c3ccc(-c4ccc5oc6ccccc6c5c4)cc3)nc(-c3ccc(-c4c[n+]5ccccc5[nH]4)cc3)n2)cc1. The monoisotopic (exact) mass is 592 g/mol. The molecule has 0 aliphatic carbocycles. The number of furan rings is 1. The maximum Gasteiger partial charge on any atom is 0.284 e. The van der Waals surface area contributed by atoms with Gasteiger partial charge in [-0.25, -0.2) is 24.3 Å². The number of fused-ring (bicyclic) bond motifs is 4. The van der Waals surface area contributed by atoms with Crippen LogP contribution in [0.2, 0.25) is 0 Å². The van der Waals surface area contributed by atoms with Crippen molar-refractivity contribution in [3.05, 3.63) is 152 Å². The summed E-state index contributed by atoms with van der Waals surface area (Å²) in [6, 6.07) is 47.4. The van der Waals surface area contributed by atoms with Crippen LogP contribution in [0.3, 0.4) is 0 Å². The highest BCUT2D eigenvalue weighted by Crippen LogP contribution is 2.33. The van der Waals surface area contributed by atoms with E-state index in [1.807, 2.05) is 72.9 Å². The number of H-pyrrole nitrogens is 1. The number of hydrogen-bond acceptors (Lipinski definition) is 4. The lowest BCUT2D eigenvalue weighted by Gasteiger charge is -2.09. The number of aromatic amines is 1. The second-order valence-corrected chi connectivity index (χ2v) is 11.3. The average Bonchev–Trinajstić information content (AvgIpc) is 3.74. The number of rotatable bonds is 5. The fourth-order valence-corrected chi connectivity index (χ4v) is 6.00. The molecule has 0 aliphatic heterocycles. The maximum atomic E-state index is 6.03. The minimum Gasteiger partial charge on any atom is -0.456 e. The number of pyridine rings is 1. The lowest BCUT2D eigenvalue weighted by Crippen LogP contribution is -2.15. The molecule has 0 spiro atoms. The quantitative estimate of drug-likeness (QED) is 0.202. The third-order valence-electron chi connectivity index (χ3n) is 8.40. The largest absolute Gasteiger partial charge is 0.456 e. The molecular weight excluding hydrogens is 566 g/mol. The smallest absolute Gasteiger partial charge is 0.284 e. The molecule has 0 fully saturated rings. The normalized spacial score (nSPS) is 11.5. The van der Waals surface area contributed by atoms with Crippen LogP contribution in [0.1, 0.15) is 0 Å². The molecule has 9 rings (SSSR count). The van der Waals surface area contributed by atoms with Crippen molar-refractivity contribution in [1.29, 1.82) is 0 Å². The lowest BCUT2D eigenvalue weighted by atomic mass is 10.0. The van der Waals surface area contributed by atoms with Gasteiger partial charge in [-0.15, -0.1) is 0 Å². The van der Waals surface area contributed by atoms with Gasteiger partial charge in [0.2, 0.25) is 0 Å². The summed E-state index contributed by atoms with van der Waals surface area (Å²) >= 11 is 0. The van der Waals surface area contributed by atoms with Crippen molar-refractivity contribution in [2.75, 3.05) is 0 Å². The summed E-state index contributed by atoms with van der Waals surface area (Å²) in [6.07, 6.45) is 4.13. The van der Waals surface area contributed by atoms with E-state index in [0.717, 1.165) is 66.7 Å². The van der Waals surface area contributed by atoms with E-state index < -0.39 is 0 Å². The van der Waals surface area contributed by atoms with Crippen molar-refractivity contribution in [2.24, 2.45) is 0 Å². The average molecular weight is 593 g/mol. The molecule has 1 N–H and O–H groups in total. The minimum absolute atomic E-state index is 0.628. The van der Waals surface area contributed by atoms with Crippen LogP contribution in [0.15, 0.2) is 156 Å². The Balaban J connectivity index is 1.08. The summed E-state index contributed by atoms with van der Waals surface area (Å²) in [6.45, 7) is 0. The summed E-state index contributed by atoms with van der Waals surface area (Å²) in [5.74, 6) is 1.89. The van der Waals surface area contributed by atoms with Gasteiger partial charge in [0, 0.05) is 39.1 Å². The Morgan fingerprint density at radius 1 is 0.457 bits per heavy atom. The molecular formula is C40H26N5O+. The third kappa shape index (κ3) is 4.60. The minimum atomic E-state index is 0.628. The topological polar surface area (TPSA) is 71.7 Å². The predicted molar refractivity (Wildman–Crippen MR) is 182 cm³/mol. The zero-order chi connectivity index (χ0) is 30.5. The Hall–Kier alpha value is -6.40. The van der Waals surface area contributed by atoms with E-state index >= 15 is 0 Å². The highest BCUT2D eigenvalue weighted by molar-refractivity contribution is 6.06. The van der Waals surface area contributed by atoms with Crippen LogP contribution in [-0.2, 0) is 0 Å². The standard InChI is InChI=1S/C40H25N5O/c1-2-8-28(9-3-1)38-42-39(44-40(43-38)30-19-15-27(16-20-30)34-25-45-23-7-6-12-37(45)41-34)29-17-13-26(14-18-29)31-21-22-36-33(24-31)32-10-4-5-11-35(32)46-36/h1-25H/p+1. The highest BCUT2D eigenvalue weighted by atomic mass is 16.3. The van der Waals surface area contributed by atoms with Gasteiger partial charge in [0.15, 0.2) is 23.2 Å². The van der Waals surface area contributed by atoms with Crippen molar-refractivity contribution < 1.29 is 8.82 Å². The molecule has 5 aromatic carbocycles. The Labute approximate surface area is 264 Å². The summed E-state index contributed by atoms with van der Waals surface area (Å²) < 4.78 is 8.11. The first kappa shape index (κ1) is 26.0. The van der Waals surface area contributed by atoms with Gasteiger partial charge >= 0.3 is 0 Å². The first-order valence-electron chi connectivity index (χ1n) is 15.2. The molecule has 0 bridgehead atoms. The third-order valence-corrected chi connectivity index (χ3v) is 8.40.